The summed E-state index contributed by atoms with van der Waals surface area (Å²) in [4.78, 5) is 0. The van der Waals surface area contributed by atoms with E-state index in [9.17, 15) is 8.78 Å². The first-order valence-electron chi connectivity index (χ1n) is 6.20. The van der Waals surface area contributed by atoms with Crippen LogP contribution in [0, 0.1) is 0 Å². The van der Waals surface area contributed by atoms with E-state index in [0.717, 1.165) is 12.1 Å². The van der Waals surface area contributed by atoms with Crippen LogP contribution in [-0.2, 0) is 0 Å². The minimum absolute atomic E-state index is 0.0802. The molecule has 3 nitrogen and oxygen atoms in total. The summed E-state index contributed by atoms with van der Waals surface area (Å²) in [5.41, 5.74) is 1.01. The molecule has 2 rings (SSSR count). The van der Waals surface area contributed by atoms with Gasteiger partial charge in [0.25, 0.3) is 0 Å². The molecule has 1 aromatic carbocycles. The van der Waals surface area contributed by atoms with Crippen molar-refractivity contribution < 1.29 is 18.3 Å². The van der Waals surface area contributed by atoms with Gasteiger partial charge in [0.05, 0.1) is 12.0 Å². The Morgan fingerprint density at radius 1 is 1.42 bits per heavy atom. The van der Waals surface area contributed by atoms with Gasteiger partial charge in [-0.15, -0.1) is 11.8 Å². The fourth-order valence-electron chi connectivity index (χ4n) is 1.95. The van der Waals surface area contributed by atoms with Crippen LogP contribution in [0.4, 0.5) is 8.78 Å². The molecule has 0 radical (unpaired) electrons. The van der Waals surface area contributed by atoms with Crippen molar-refractivity contribution in [3.63, 3.8) is 0 Å². The summed E-state index contributed by atoms with van der Waals surface area (Å²) in [5.74, 6) is 0.443. The van der Waals surface area contributed by atoms with E-state index in [0.29, 0.717) is 17.6 Å². The number of nitrogens with one attached hydrogen (secondary N) is 1. The van der Waals surface area contributed by atoms with Crippen molar-refractivity contribution in [2.24, 2.45) is 0 Å². The monoisotopic (exact) mass is 289 g/mol. The molecule has 1 N–H and O–H groups in total. The van der Waals surface area contributed by atoms with E-state index in [4.69, 9.17) is 4.74 Å². The van der Waals surface area contributed by atoms with Crippen LogP contribution in [0.25, 0.3) is 0 Å². The zero-order valence-electron chi connectivity index (χ0n) is 10.9. The lowest BCUT2D eigenvalue weighted by Crippen LogP contribution is -2.14. The molecular formula is C13H17F2NO2S. The molecule has 106 valence electrons. The third kappa shape index (κ3) is 3.73. The quantitative estimate of drug-likeness (QED) is 0.900. The number of ether oxygens (including phenoxy) is 2. The molecule has 0 spiro atoms. The molecule has 1 fully saturated rings. The Morgan fingerprint density at radius 2 is 2.21 bits per heavy atom. The summed E-state index contributed by atoms with van der Waals surface area (Å²) in [5, 5.41) is 4.09. The van der Waals surface area contributed by atoms with Crippen molar-refractivity contribution in [1.82, 2.24) is 5.32 Å². The molecule has 1 heterocycles. The average Bonchev–Trinajstić information content (AvgIpc) is 2.78. The normalized spacial score (nSPS) is 22.8. The Morgan fingerprint density at radius 3 is 2.79 bits per heavy atom. The number of hydrogen-bond acceptors (Lipinski definition) is 4. The van der Waals surface area contributed by atoms with Gasteiger partial charge in [-0.05, 0) is 24.6 Å². The van der Waals surface area contributed by atoms with Crippen LogP contribution in [0.2, 0.25) is 0 Å². The van der Waals surface area contributed by atoms with Gasteiger partial charge >= 0.3 is 6.61 Å². The van der Waals surface area contributed by atoms with Crippen LogP contribution >= 0.6 is 11.8 Å². The van der Waals surface area contributed by atoms with Crippen molar-refractivity contribution >= 4 is 11.8 Å². The molecule has 1 aliphatic rings. The first-order chi connectivity index (χ1) is 9.10. The van der Waals surface area contributed by atoms with E-state index in [1.54, 1.807) is 12.1 Å². The SMILES string of the molecule is CCOc1cc(C2NCC(C)S2)ccc1OC(F)F. The maximum absolute atomic E-state index is 12.3. The van der Waals surface area contributed by atoms with E-state index in [1.165, 1.54) is 6.07 Å². The molecule has 2 atom stereocenters. The molecule has 0 aromatic heterocycles. The van der Waals surface area contributed by atoms with E-state index in [-0.39, 0.29) is 11.1 Å². The minimum atomic E-state index is -2.84. The van der Waals surface area contributed by atoms with Gasteiger partial charge in [0.15, 0.2) is 11.5 Å². The average molecular weight is 289 g/mol. The number of hydrogen-bond donors (Lipinski definition) is 1. The van der Waals surface area contributed by atoms with Crippen LogP contribution in [0.5, 0.6) is 11.5 Å². The highest BCUT2D eigenvalue weighted by molar-refractivity contribution is 8.00. The zero-order valence-corrected chi connectivity index (χ0v) is 11.7. The molecule has 0 bridgehead atoms. The molecule has 19 heavy (non-hydrogen) atoms. The third-order valence-corrected chi connectivity index (χ3v) is 4.09. The highest BCUT2D eigenvalue weighted by Crippen LogP contribution is 2.38. The number of halogens is 2. The summed E-state index contributed by atoms with van der Waals surface area (Å²) in [6.07, 6.45) is 0. The van der Waals surface area contributed by atoms with Gasteiger partial charge in [0.1, 0.15) is 0 Å². The molecule has 6 heteroatoms. The molecule has 1 saturated heterocycles. The van der Waals surface area contributed by atoms with E-state index >= 15 is 0 Å². The number of rotatable bonds is 5. The van der Waals surface area contributed by atoms with Gasteiger partial charge in [0, 0.05) is 11.8 Å². The summed E-state index contributed by atoms with van der Waals surface area (Å²) in [6, 6.07) is 5.10. The highest BCUT2D eigenvalue weighted by Gasteiger charge is 2.24. The second kappa shape index (κ2) is 6.43. The van der Waals surface area contributed by atoms with Gasteiger partial charge in [-0.25, -0.2) is 0 Å². The van der Waals surface area contributed by atoms with Gasteiger partial charge in [-0.1, -0.05) is 13.0 Å². The standard InChI is InChI=1S/C13H17F2NO2S/c1-3-17-11-6-9(12-16-7-8(2)19-12)4-5-10(11)18-13(14)15/h4-6,8,12-13,16H,3,7H2,1-2H3. The second-order valence-electron chi connectivity index (χ2n) is 4.25. The first kappa shape index (κ1) is 14.4. The number of thioether (sulfide) groups is 1. The number of alkyl halides is 2. The molecular weight excluding hydrogens is 272 g/mol. The Labute approximate surface area is 115 Å². The maximum atomic E-state index is 12.3. The highest BCUT2D eigenvalue weighted by atomic mass is 32.2. The largest absolute Gasteiger partial charge is 0.490 e. The lowest BCUT2D eigenvalue weighted by molar-refractivity contribution is -0.0514. The summed E-state index contributed by atoms with van der Waals surface area (Å²) in [6.45, 7) is 2.46. The van der Waals surface area contributed by atoms with Crippen molar-refractivity contribution in [3.8, 4) is 11.5 Å². The van der Waals surface area contributed by atoms with Gasteiger partial charge in [-0.3, -0.25) is 0 Å². The molecule has 0 amide bonds. The Bertz CT molecular complexity index is 431. The summed E-state index contributed by atoms with van der Waals surface area (Å²) in [7, 11) is 0. The van der Waals surface area contributed by atoms with E-state index in [1.807, 2.05) is 18.7 Å². The van der Waals surface area contributed by atoms with Crippen LogP contribution < -0.4 is 14.8 Å². The van der Waals surface area contributed by atoms with Crippen LogP contribution in [-0.4, -0.2) is 25.0 Å². The lowest BCUT2D eigenvalue weighted by Gasteiger charge is -2.15. The maximum Gasteiger partial charge on any atom is 0.387 e. The van der Waals surface area contributed by atoms with Crippen molar-refractivity contribution in [2.75, 3.05) is 13.2 Å². The first-order valence-corrected chi connectivity index (χ1v) is 7.14. The third-order valence-electron chi connectivity index (χ3n) is 2.75. The molecule has 1 aliphatic heterocycles. The Balaban J connectivity index is 2.20. The molecule has 1 aromatic rings. The second-order valence-corrected chi connectivity index (χ2v) is 5.80. The van der Waals surface area contributed by atoms with Crippen molar-refractivity contribution in [2.45, 2.75) is 31.1 Å². The zero-order chi connectivity index (χ0) is 13.8. The van der Waals surface area contributed by atoms with Gasteiger partial charge < -0.3 is 14.8 Å². The molecule has 0 aliphatic carbocycles. The van der Waals surface area contributed by atoms with E-state index < -0.39 is 6.61 Å². The number of benzene rings is 1. The topological polar surface area (TPSA) is 30.5 Å². The smallest absolute Gasteiger partial charge is 0.387 e. The Kier molecular flexibility index (Phi) is 4.87. The molecule has 2 unspecified atom stereocenters. The fourth-order valence-corrected chi connectivity index (χ4v) is 3.10. The van der Waals surface area contributed by atoms with E-state index in [2.05, 4.69) is 17.0 Å². The lowest BCUT2D eigenvalue weighted by atomic mass is 10.2. The van der Waals surface area contributed by atoms with Gasteiger partial charge in [0.2, 0.25) is 0 Å². The summed E-state index contributed by atoms with van der Waals surface area (Å²) < 4.78 is 34.4. The van der Waals surface area contributed by atoms with Gasteiger partial charge in [-0.2, -0.15) is 8.78 Å². The van der Waals surface area contributed by atoms with Crippen molar-refractivity contribution in [1.29, 1.82) is 0 Å². The Hall–Kier alpha value is -1.01. The predicted molar refractivity (Wildman–Crippen MR) is 72.0 cm³/mol. The predicted octanol–water partition coefficient (Wildman–Crippen LogP) is 3.41. The fraction of sp³-hybridized carbons (Fsp3) is 0.538. The molecule has 0 saturated carbocycles. The minimum Gasteiger partial charge on any atom is -0.490 e. The summed E-state index contributed by atoms with van der Waals surface area (Å²) >= 11 is 1.81. The van der Waals surface area contributed by atoms with Crippen LogP contribution in [0.1, 0.15) is 24.8 Å². The van der Waals surface area contributed by atoms with Crippen LogP contribution in [0.3, 0.4) is 0 Å². The van der Waals surface area contributed by atoms with Crippen LogP contribution in [0.15, 0.2) is 18.2 Å². The van der Waals surface area contributed by atoms with Crippen molar-refractivity contribution in [3.05, 3.63) is 23.8 Å².